The summed E-state index contributed by atoms with van der Waals surface area (Å²) in [6, 6.07) is 5.58. The molecule has 3 heterocycles. The van der Waals surface area contributed by atoms with E-state index in [0.29, 0.717) is 48.4 Å². The number of aromatic nitrogens is 1. The second-order valence-electron chi connectivity index (χ2n) is 5.97. The number of fused-ring (bicyclic) bond motifs is 1. The molecule has 0 aliphatic carbocycles. The molecule has 1 saturated heterocycles. The summed E-state index contributed by atoms with van der Waals surface area (Å²) in [6.07, 6.45) is 0.486. The smallest absolute Gasteiger partial charge is 0.308 e. The van der Waals surface area contributed by atoms with Crippen molar-refractivity contribution in [3.63, 3.8) is 0 Å². The molecule has 1 aromatic heterocycles. The molecule has 0 radical (unpaired) electrons. The summed E-state index contributed by atoms with van der Waals surface area (Å²) >= 11 is 1.38. The predicted octanol–water partition coefficient (Wildman–Crippen LogP) is 2.13. The maximum Gasteiger partial charge on any atom is 0.308 e. The number of nitrogens with zero attached hydrogens (tertiary/aromatic N) is 2. The topological polar surface area (TPSA) is 89.0 Å². The number of aliphatic carboxylic acids is 1. The van der Waals surface area contributed by atoms with Gasteiger partial charge in [-0.3, -0.25) is 9.59 Å². The number of benzene rings is 1. The molecule has 2 aromatic rings. The van der Waals surface area contributed by atoms with Crippen molar-refractivity contribution in [2.45, 2.75) is 6.42 Å². The van der Waals surface area contributed by atoms with Crippen LogP contribution in [-0.2, 0) is 4.79 Å². The zero-order chi connectivity index (χ0) is 17.4. The van der Waals surface area contributed by atoms with Crippen molar-refractivity contribution in [1.82, 2.24) is 9.88 Å². The zero-order valence-corrected chi connectivity index (χ0v) is 14.1. The number of hydrogen-bond acceptors (Lipinski definition) is 6. The number of carbonyl (C=O) groups is 2. The molecule has 0 unspecified atom stereocenters. The lowest BCUT2D eigenvalue weighted by Gasteiger charge is -2.18. The Hall–Kier alpha value is -2.61. The number of hydrogen-bond donors (Lipinski definition) is 1. The molecule has 1 aromatic carbocycles. The molecule has 0 bridgehead atoms. The van der Waals surface area contributed by atoms with E-state index in [2.05, 4.69) is 4.98 Å². The van der Waals surface area contributed by atoms with Crippen molar-refractivity contribution in [2.75, 3.05) is 26.3 Å². The van der Waals surface area contributed by atoms with Gasteiger partial charge in [0.25, 0.3) is 5.91 Å². The molecule has 4 rings (SSSR count). The molecule has 25 heavy (non-hydrogen) atoms. The quantitative estimate of drug-likeness (QED) is 0.902. The molecule has 1 N–H and O–H groups in total. The van der Waals surface area contributed by atoms with Crippen molar-refractivity contribution < 1.29 is 24.2 Å². The molecular formula is C17H16N2O5S. The summed E-state index contributed by atoms with van der Waals surface area (Å²) in [6.45, 7) is 1.74. The maximum atomic E-state index is 12.5. The van der Waals surface area contributed by atoms with Gasteiger partial charge in [-0.2, -0.15) is 0 Å². The van der Waals surface area contributed by atoms with E-state index in [1.54, 1.807) is 10.3 Å². The largest absolute Gasteiger partial charge is 0.486 e. The van der Waals surface area contributed by atoms with Crippen LogP contribution < -0.4 is 9.47 Å². The number of thiazole rings is 1. The summed E-state index contributed by atoms with van der Waals surface area (Å²) in [5, 5.41) is 11.5. The van der Waals surface area contributed by atoms with Crippen molar-refractivity contribution >= 4 is 23.2 Å². The van der Waals surface area contributed by atoms with E-state index in [4.69, 9.17) is 14.6 Å². The molecule has 130 valence electrons. The van der Waals surface area contributed by atoms with Crippen molar-refractivity contribution in [1.29, 1.82) is 0 Å². The fourth-order valence-corrected chi connectivity index (χ4v) is 3.78. The van der Waals surface area contributed by atoms with Gasteiger partial charge in [0, 0.05) is 24.0 Å². The van der Waals surface area contributed by atoms with Crippen LogP contribution in [0.15, 0.2) is 23.6 Å². The van der Waals surface area contributed by atoms with Crippen LogP contribution in [0, 0.1) is 5.92 Å². The van der Waals surface area contributed by atoms with Crippen molar-refractivity contribution in [2.24, 2.45) is 5.92 Å². The third-order valence-electron chi connectivity index (χ3n) is 4.34. The van der Waals surface area contributed by atoms with Gasteiger partial charge in [0.2, 0.25) is 0 Å². The summed E-state index contributed by atoms with van der Waals surface area (Å²) in [5.74, 6) is -0.176. The molecule has 1 atom stereocenters. The fourth-order valence-electron chi connectivity index (χ4n) is 2.99. The molecule has 0 saturated carbocycles. The molecule has 8 heteroatoms. The molecule has 7 nitrogen and oxygen atoms in total. The molecular weight excluding hydrogens is 344 g/mol. The summed E-state index contributed by atoms with van der Waals surface area (Å²) in [5.41, 5.74) is 1.21. The highest BCUT2D eigenvalue weighted by Crippen LogP contribution is 2.35. The minimum Gasteiger partial charge on any atom is -0.486 e. The first-order valence-electron chi connectivity index (χ1n) is 7.99. The Labute approximate surface area is 147 Å². The van der Waals surface area contributed by atoms with Gasteiger partial charge in [-0.15, -0.1) is 11.3 Å². The lowest BCUT2D eigenvalue weighted by molar-refractivity contribution is -0.141. The Morgan fingerprint density at radius 2 is 2.04 bits per heavy atom. The average molecular weight is 360 g/mol. The number of ether oxygens (including phenoxy) is 2. The Balaban J connectivity index is 1.52. The molecule has 2 aliphatic rings. The van der Waals surface area contributed by atoms with Crippen LogP contribution in [0.1, 0.15) is 16.9 Å². The minimum atomic E-state index is -0.856. The minimum absolute atomic E-state index is 0.219. The number of rotatable bonds is 3. The Bertz CT molecular complexity index is 834. The van der Waals surface area contributed by atoms with Gasteiger partial charge in [0.05, 0.1) is 5.92 Å². The number of likely N-dealkylation sites (tertiary alicyclic amines) is 1. The molecule has 1 amide bonds. The van der Waals surface area contributed by atoms with Crippen LogP contribution in [0.4, 0.5) is 0 Å². The predicted molar refractivity (Wildman–Crippen MR) is 90.2 cm³/mol. The van der Waals surface area contributed by atoms with Crippen LogP contribution in [-0.4, -0.2) is 53.2 Å². The third-order valence-corrected chi connectivity index (χ3v) is 5.23. The molecule has 1 fully saturated rings. The lowest BCUT2D eigenvalue weighted by atomic mass is 10.1. The Kier molecular flexibility index (Phi) is 4.04. The highest BCUT2D eigenvalue weighted by atomic mass is 32.1. The average Bonchev–Trinajstić information content (AvgIpc) is 3.30. The first-order chi connectivity index (χ1) is 12.1. The maximum absolute atomic E-state index is 12.5. The zero-order valence-electron chi connectivity index (χ0n) is 13.3. The number of amides is 1. The van der Waals surface area contributed by atoms with E-state index >= 15 is 0 Å². The molecule has 2 aliphatic heterocycles. The van der Waals surface area contributed by atoms with Gasteiger partial charge in [-0.25, -0.2) is 4.98 Å². The van der Waals surface area contributed by atoms with Crippen LogP contribution in [0.2, 0.25) is 0 Å². The standard InChI is InChI=1S/C17H16N2O5S/c20-16(19-4-3-11(8-19)17(21)22)12-9-25-15(18-12)10-1-2-13-14(7-10)24-6-5-23-13/h1-2,7,9,11H,3-6,8H2,(H,21,22)/t11-/m0/s1. The van der Waals surface area contributed by atoms with Crippen LogP contribution in [0.3, 0.4) is 0 Å². The number of carbonyl (C=O) groups excluding carboxylic acids is 1. The highest BCUT2D eigenvalue weighted by Gasteiger charge is 2.32. The van der Waals surface area contributed by atoms with E-state index in [9.17, 15) is 9.59 Å². The van der Waals surface area contributed by atoms with E-state index < -0.39 is 11.9 Å². The second-order valence-corrected chi connectivity index (χ2v) is 6.83. The monoisotopic (exact) mass is 360 g/mol. The summed E-state index contributed by atoms with van der Waals surface area (Å²) in [4.78, 5) is 29.5. The first-order valence-corrected chi connectivity index (χ1v) is 8.87. The van der Waals surface area contributed by atoms with Gasteiger partial charge >= 0.3 is 5.97 Å². The summed E-state index contributed by atoms with van der Waals surface area (Å²) < 4.78 is 11.1. The normalized spacial score (nSPS) is 19.0. The Morgan fingerprint density at radius 1 is 1.24 bits per heavy atom. The lowest BCUT2D eigenvalue weighted by Crippen LogP contribution is -2.30. The number of carboxylic acid groups (broad SMARTS) is 1. The SMILES string of the molecule is O=C(O)[C@H]1CCN(C(=O)c2csc(-c3ccc4c(c3)OCCO4)n2)C1. The fraction of sp³-hybridized carbons (Fsp3) is 0.353. The van der Waals surface area contributed by atoms with Crippen LogP contribution in [0.5, 0.6) is 11.5 Å². The first kappa shape index (κ1) is 15.9. The van der Waals surface area contributed by atoms with Gasteiger partial charge in [0.1, 0.15) is 23.9 Å². The van der Waals surface area contributed by atoms with Crippen molar-refractivity contribution in [3.8, 4) is 22.1 Å². The Morgan fingerprint density at radius 3 is 2.80 bits per heavy atom. The van der Waals surface area contributed by atoms with Crippen LogP contribution >= 0.6 is 11.3 Å². The third kappa shape index (κ3) is 3.05. The van der Waals surface area contributed by atoms with Gasteiger partial charge in [0.15, 0.2) is 11.5 Å². The summed E-state index contributed by atoms with van der Waals surface area (Å²) in [7, 11) is 0. The highest BCUT2D eigenvalue weighted by molar-refractivity contribution is 7.13. The van der Waals surface area contributed by atoms with Crippen LogP contribution in [0.25, 0.3) is 10.6 Å². The second kappa shape index (κ2) is 6.36. The van der Waals surface area contributed by atoms with E-state index in [0.717, 1.165) is 5.56 Å². The molecule has 0 spiro atoms. The van der Waals surface area contributed by atoms with E-state index in [1.807, 2.05) is 18.2 Å². The number of carboxylic acids is 1. The van der Waals surface area contributed by atoms with E-state index in [1.165, 1.54) is 11.3 Å². The van der Waals surface area contributed by atoms with Gasteiger partial charge < -0.3 is 19.5 Å². The van der Waals surface area contributed by atoms with Gasteiger partial charge in [-0.05, 0) is 24.6 Å². The van der Waals surface area contributed by atoms with Crippen molar-refractivity contribution in [3.05, 3.63) is 29.3 Å². The van der Waals surface area contributed by atoms with Gasteiger partial charge in [-0.1, -0.05) is 0 Å². The van der Waals surface area contributed by atoms with E-state index in [-0.39, 0.29) is 12.5 Å².